The lowest BCUT2D eigenvalue weighted by molar-refractivity contribution is -0.131. The number of hydrogen-bond donors (Lipinski definition) is 1. The smallest absolute Gasteiger partial charge is 0.258 e. The molecule has 6 nitrogen and oxygen atoms in total. The normalized spacial score (nSPS) is 14.0. The van der Waals surface area contributed by atoms with E-state index in [2.05, 4.69) is 4.98 Å². The Hall–Kier alpha value is -3.73. The molecule has 0 saturated carbocycles. The van der Waals surface area contributed by atoms with Crippen LogP contribution in [0.3, 0.4) is 0 Å². The summed E-state index contributed by atoms with van der Waals surface area (Å²) < 4.78 is 27.7. The molecule has 4 rings (SSSR count). The number of pyridine rings is 1. The van der Waals surface area contributed by atoms with Crippen LogP contribution in [0.5, 0.6) is 0 Å². The van der Waals surface area contributed by atoms with Gasteiger partial charge >= 0.3 is 0 Å². The first kappa shape index (κ1) is 20.5. The number of amides is 1. The summed E-state index contributed by atoms with van der Waals surface area (Å²) in [6.45, 7) is 2.12. The maximum absolute atomic E-state index is 13.9. The lowest BCUT2D eigenvalue weighted by Crippen LogP contribution is -2.48. The summed E-state index contributed by atoms with van der Waals surface area (Å²) >= 11 is 0. The number of benzene rings is 2. The molecule has 1 amide bonds. The Bertz CT molecular complexity index is 1240. The van der Waals surface area contributed by atoms with Gasteiger partial charge in [0, 0.05) is 44.0 Å². The van der Waals surface area contributed by atoms with Crippen LogP contribution < -0.4 is 10.5 Å². The van der Waals surface area contributed by atoms with Gasteiger partial charge in [-0.3, -0.25) is 9.59 Å². The van der Waals surface area contributed by atoms with E-state index in [1.165, 1.54) is 18.2 Å². The topological polar surface area (TPSA) is 80.2 Å². The number of nitrogens with zero attached hydrogens (tertiary/aromatic N) is 3. The minimum Gasteiger partial charge on any atom is -0.368 e. The van der Waals surface area contributed by atoms with Crippen molar-refractivity contribution in [2.45, 2.75) is 12.8 Å². The lowest BCUT2D eigenvalue weighted by Gasteiger charge is -2.36. The fourth-order valence-corrected chi connectivity index (χ4v) is 3.87. The average Bonchev–Trinajstić information content (AvgIpc) is 2.77. The lowest BCUT2D eigenvalue weighted by atomic mass is 10.1. The molecule has 0 unspecified atom stereocenters. The molecule has 1 fully saturated rings. The number of piperazine rings is 1. The molecule has 0 spiro atoms. The van der Waals surface area contributed by atoms with Gasteiger partial charge in [0.2, 0.25) is 5.91 Å². The molecule has 158 valence electrons. The Morgan fingerprint density at radius 1 is 1.06 bits per heavy atom. The van der Waals surface area contributed by atoms with E-state index in [1.54, 1.807) is 35.2 Å². The minimum atomic E-state index is -0.568. The van der Waals surface area contributed by atoms with Gasteiger partial charge in [0.1, 0.15) is 17.7 Å². The highest BCUT2D eigenvalue weighted by Crippen LogP contribution is 2.20. The van der Waals surface area contributed by atoms with Crippen molar-refractivity contribution in [2.75, 3.05) is 31.1 Å². The number of carbonyl (C=O) groups is 1. The van der Waals surface area contributed by atoms with Gasteiger partial charge < -0.3 is 14.8 Å². The van der Waals surface area contributed by atoms with Crippen LogP contribution in [0.25, 0.3) is 10.8 Å². The second kappa shape index (κ2) is 8.56. The molecular weight excluding hydrogens is 402 g/mol. The van der Waals surface area contributed by atoms with Crippen molar-refractivity contribution in [3.8, 4) is 6.07 Å². The van der Waals surface area contributed by atoms with Crippen LogP contribution in [0, 0.1) is 23.0 Å². The van der Waals surface area contributed by atoms with E-state index >= 15 is 0 Å². The van der Waals surface area contributed by atoms with Crippen LogP contribution in [0.15, 0.2) is 47.3 Å². The first-order chi connectivity index (χ1) is 15.0. The van der Waals surface area contributed by atoms with E-state index in [4.69, 9.17) is 5.26 Å². The molecule has 1 aromatic heterocycles. The summed E-state index contributed by atoms with van der Waals surface area (Å²) in [5.74, 6) is -1.16. The summed E-state index contributed by atoms with van der Waals surface area (Å²) in [5.41, 5.74) is 0.779. The monoisotopic (exact) mass is 422 g/mol. The van der Waals surface area contributed by atoms with Gasteiger partial charge in [0.15, 0.2) is 0 Å². The third kappa shape index (κ3) is 4.26. The number of halogens is 2. The Labute approximate surface area is 177 Å². The van der Waals surface area contributed by atoms with Crippen molar-refractivity contribution in [1.82, 2.24) is 9.88 Å². The predicted octanol–water partition coefficient (Wildman–Crippen LogP) is 2.96. The van der Waals surface area contributed by atoms with Crippen LogP contribution in [0.1, 0.15) is 17.7 Å². The number of rotatable bonds is 4. The number of aryl methyl sites for hydroxylation is 1. The third-order valence-corrected chi connectivity index (χ3v) is 5.56. The SMILES string of the molecule is N#Cc1ccc(N2CCN(C(=O)CCc3cc4cccc(F)c4c(=O)[nH]3)CC2)cc1F. The van der Waals surface area contributed by atoms with Gasteiger partial charge in [-0.15, -0.1) is 0 Å². The summed E-state index contributed by atoms with van der Waals surface area (Å²) in [6, 6.07) is 12.5. The number of carbonyl (C=O) groups excluding carboxylic acids is 1. The number of fused-ring (bicyclic) bond motifs is 1. The second-order valence-electron chi connectivity index (χ2n) is 7.47. The molecule has 2 aromatic carbocycles. The van der Waals surface area contributed by atoms with Gasteiger partial charge in [0.25, 0.3) is 5.56 Å². The molecule has 1 N–H and O–H groups in total. The van der Waals surface area contributed by atoms with Crippen molar-refractivity contribution >= 4 is 22.4 Å². The average molecular weight is 422 g/mol. The maximum Gasteiger partial charge on any atom is 0.258 e. The highest BCUT2D eigenvalue weighted by atomic mass is 19.1. The summed E-state index contributed by atoms with van der Waals surface area (Å²) in [4.78, 5) is 31.2. The van der Waals surface area contributed by atoms with Crippen molar-refractivity contribution in [3.63, 3.8) is 0 Å². The van der Waals surface area contributed by atoms with E-state index in [9.17, 15) is 18.4 Å². The quantitative estimate of drug-likeness (QED) is 0.701. The molecule has 0 atom stereocenters. The summed E-state index contributed by atoms with van der Waals surface area (Å²) in [7, 11) is 0. The predicted molar refractivity (Wildman–Crippen MR) is 113 cm³/mol. The maximum atomic E-state index is 13.9. The molecule has 31 heavy (non-hydrogen) atoms. The van der Waals surface area contributed by atoms with Gasteiger partial charge in [-0.2, -0.15) is 5.26 Å². The number of hydrogen-bond acceptors (Lipinski definition) is 4. The number of H-pyrrole nitrogens is 1. The molecule has 0 aliphatic carbocycles. The number of nitrogens with one attached hydrogen (secondary N) is 1. The molecule has 0 bridgehead atoms. The number of nitriles is 1. The fraction of sp³-hybridized carbons (Fsp3) is 0.261. The van der Waals surface area contributed by atoms with E-state index in [1.807, 2.05) is 4.90 Å². The molecule has 1 aliphatic heterocycles. The fourth-order valence-electron chi connectivity index (χ4n) is 3.87. The summed E-state index contributed by atoms with van der Waals surface area (Å²) in [5, 5.41) is 9.37. The zero-order valence-electron chi connectivity index (χ0n) is 16.7. The number of anilines is 1. The zero-order valence-corrected chi connectivity index (χ0v) is 16.7. The first-order valence-electron chi connectivity index (χ1n) is 9.99. The van der Waals surface area contributed by atoms with E-state index < -0.39 is 17.2 Å². The van der Waals surface area contributed by atoms with Gasteiger partial charge in [-0.1, -0.05) is 12.1 Å². The molecule has 1 aliphatic rings. The van der Waals surface area contributed by atoms with Crippen LogP contribution in [-0.4, -0.2) is 42.0 Å². The van der Waals surface area contributed by atoms with Crippen LogP contribution in [0.4, 0.5) is 14.5 Å². The van der Waals surface area contributed by atoms with Crippen molar-refractivity contribution in [1.29, 1.82) is 5.26 Å². The molecule has 0 radical (unpaired) electrons. The van der Waals surface area contributed by atoms with Gasteiger partial charge in [-0.25, -0.2) is 8.78 Å². The van der Waals surface area contributed by atoms with E-state index in [0.717, 1.165) is 0 Å². The van der Waals surface area contributed by atoms with Crippen molar-refractivity contribution in [2.24, 2.45) is 0 Å². The largest absolute Gasteiger partial charge is 0.368 e. The van der Waals surface area contributed by atoms with Crippen LogP contribution in [-0.2, 0) is 11.2 Å². The zero-order chi connectivity index (χ0) is 22.0. The molecule has 2 heterocycles. The Morgan fingerprint density at radius 2 is 1.84 bits per heavy atom. The first-order valence-corrected chi connectivity index (χ1v) is 9.99. The second-order valence-corrected chi connectivity index (χ2v) is 7.47. The molecule has 1 saturated heterocycles. The van der Waals surface area contributed by atoms with Gasteiger partial charge in [-0.05, 0) is 42.1 Å². The summed E-state index contributed by atoms with van der Waals surface area (Å²) in [6.07, 6.45) is 0.573. The third-order valence-electron chi connectivity index (χ3n) is 5.56. The van der Waals surface area contributed by atoms with Gasteiger partial charge in [0.05, 0.1) is 10.9 Å². The van der Waals surface area contributed by atoms with Crippen LogP contribution >= 0.6 is 0 Å². The number of aromatic nitrogens is 1. The van der Waals surface area contributed by atoms with Crippen molar-refractivity contribution in [3.05, 3.63) is 75.7 Å². The van der Waals surface area contributed by atoms with Crippen LogP contribution in [0.2, 0.25) is 0 Å². The van der Waals surface area contributed by atoms with E-state index in [0.29, 0.717) is 49.4 Å². The number of aromatic amines is 1. The van der Waals surface area contributed by atoms with Crippen molar-refractivity contribution < 1.29 is 13.6 Å². The minimum absolute atomic E-state index is 0.00651. The molecule has 3 aromatic rings. The highest BCUT2D eigenvalue weighted by Gasteiger charge is 2.22. The molecular formula is C23H20F2N4O2. The highest BCUT2D eigenvalue weighted by molar-refractivity contribution is 5.82. The Morgan fingerprint density at radius 3 is 2.55 bits per heavy atom. The standard InChI is InChI=1S/C23H20F2N4O2/c24-19-3-1-2-15-12-17(27-23(31)22(15)19)5-7-21(30)29-10-8-28(9-11-29)18-6-4-16(14-26)20(25)13-18/h1-4,6,12-13H,5,7-11H2,(H,27,31). The van der Waals surface area contributed by atoms with E-state index in [-0.39, 0.29) is 23.3 Å². The Balaban J connectivity index is 1.35. The Kier molecular flexibility index (Phi) is 5.67. The molecule has 8 heteroatoms.